The highest BCUT2D eigenvalue weighted by Gasteiger charge is 2.07. The Hall–Kier alpha value is -1.13. The quantitative estimate of drug-likeness (QED) is 0.402. The van der Waals surface area contributed by atoms with Gasteiger partial charge in [-0.05, 0) is 48.4 Å². The van der Waals surface area contributed by atoms with Crippen molar-refractivity contribution in [2.24, 2.45) is 0 Å². The van der Waals surface area contributed by atoms with E-state index in [0.29, 0.717) is 22.4 Å². The van der Waals surface area contributed by atoms with Crippen molar-refractivity contribution < 1.29 is 9.47 Å². The molecule has 2 aromatic carbocycles. The van der Waals surface area contributed by atoms with Crippen molar-refractivity contribution in [2.45, 2.75) is 45.8 Å². The minimum absolute atomic E-state index is 0. The lowest BCUT2D eigenvalue weighted by Crippen LogP contribution is -2.14. The van der Waals surface area contributed by atoms with Gasteiger partial charge in [-0.3, -0.25) is 0 Å². The van der Waals surface area contributed by atoms with Crippen molar-refractivity contribution >= 4 is 35.6 Å². The largest absolute Gasteiger partial charge is 0.493 e. The molecule has 0 aromatic heterocycles. The highest BCUT2D eigenvalue weighted by Crippen LogP contribution is 2.29. The molecule has 2 aromatic rings. The second kappa shape index (κ2) is 13.1. The van der Waals surface area contributed by atoms with Crippen LogP contribution < -0.4 is 14.8 Å². The first kappa shape index (κ1) is 23.9. The molecule has 150 valence electrons. The summed E-state index contributed by atoms with van der Waals surface area (Å²) in [5, 5.41) is 4.55. The number of hydrogen-bond acceptors (Lipinski definition) is 3. The minimum atomic E-state index is 0. The molecule has 2 rings (SSSR count). The van der Waals surface area contributed by atoms with Gasteiger partial charge in [0.2, 0.25) is 0 Å². The predicted molar refractivity (Wildman–Crippen MR) is 117 cm³/mol. The fraction of sp³-hybridized carbons (Fsp3) is 0.429. The second-order valence-corrected chi connectivity index (χ2v) is 7.07. The van der Waals surface area contributed by atoms with E-state index in [1.165, 1.54) is 31.2 Å². The summed E-state index contributed by atoms with van der Waals surface area (Å²) in [6, 6.07) is 11.5. The van der Waals surface area contributed by atoms with E-state index in [2.05, 4.69) is 18.3 Å². The van der Waals surface area contributed by atoms with E-state index in [1.54, 1.807) is 13.2 Å². The molecule has 0 atom stereocenters. The average Bonchev–Trinajstić information content (AvgIpc) is 2.66. The first-order chi connectivity index (χ1) is 12.6. The predicted octanol–water partition coefficient (Wildman–Crippen LogP) is 6.67. The first-order valence-corrected chi connectivity index (χ1v) is 9.84. The molecule has 0 fully saturated rings. The van der Waals surface area contributed by atoms with Crippen molar-refractivity contribution in [2.75, 3.05) is 13.7 Å². The number of rotatable bonds is 11. The molecule has 0 bridgehead atoms. The zero-order valence-corrected chi connectivity index (χ0v) is 18.2. The molecule has 0 aliphatic heterocycles. The van der Waals surface area contributed by atoms with Crippen LogP contribution in [0.1, 0.15) is 43.7 Å². The molecule has 0 unspecified atom stereocenters. The van der Waals surface area contributed by atoms with Crippen LogP contribution in [0, 0.1) is 0 Å². The summed E-state index contributed by atoms with van der Waals surface area (Å²) in [5.74, 6) is 1.45. The number of ether oxygens (including phenoxy) is 2. The van der Waals surface area contributed by atoms with Crippen LogP contribution in [0.4, 0.5) is 0 Å². The lowest BCUT2D eigenvalue weighted by molar-refractivity contribution is 0.284. The van der Waals surface area contributed by atoms with Crippen LogP contribution >= 0.6 is 35.6 Å². The average molecular weight is 433 g/mol. The van der Waals surface area contributed by atoms with E-state index in [4.69, 9.17) is 32.7 Å². The van der Waals surface area contributed by atoms with Gasteiger partial charge in [0.05, 0.1) is 17.2 Å². The summed E-state index contributed by atoms with van der Waals surface area (Å²) in [7, 11) is 1.66. The van der Waals surface area contributed by atoms with E-state index in [0.717, 1.165) is 24.4 Å². The van der Waals surface area contributed by atoms with Crippen LogP contribution in [-0.2, 0) is 13.2 Å². The number of nitrogens with one attached hydrogen (secondary N) is 1. The Bertz CT molecular complexity index is 695. The summed E-state index contributed by atoms with van der Waals surface area (Å²) in [6.07, 6.45) is 5.07. The van der Waals surface area contributed by atoms with E-state index < -0.39 is 0 Å². The number of hydrogen-bond donors (Lipinski definition) is 1. The van der Waals surface area contributed by atoms with Gasteiger partial charge in [0.1, 0.15) is 6.61 Å². The minimum Gasteiger partial charge on any atom is -0.493 e. The Kier molecular flexibility index (Phi) is 11.6. The van der Waals surface area contributed by atoms with Crippen molar-refractivity contribution in [3.05, 3.63) is 57.6 Å². The third-order valence-electron chi connectivity index (χ3n) is 4.14. The van der Waals surface area contributed by atoms with Crippen LogP contribution in [0.5, 0.6) is 11.5 Å². The first-order valence-electron chi connectivity index (χ1n) is 9.08. The molecule has 6 heteroatoms. The Morgan fingerprint density at radius 2 is 1.67 bits per heavy atom. The van der Waals surface area contributed by atoms with Crippen LogP contribution in [0.2, 0.25) is 10.0 Å². The Morgan fingerprint density at radius 1 is 0.889 bits per heavy atom. The maximum atomic E-state index is 6.04. The van der Waals surface area contributed by atoms with Gasteiger partial charge >= 0.3 is 0 Å². The lowest BCUT2D eigenvalue weighted by atomic mass is 10.2. The zero-order valence-electron chi connectivity index (χ0n) is 15.9. The van der Waals surface area contributed by atoms with Crippen LogP contribution in [0.25, 0.3) is 0 Å². The van der Waals surface area contributed by atoms with Crippen LogP contribution in [0.15, 0.2) is 36.4 Å². The fourth-order valence-electron chi connectivity index (χ4n) is 2.64. The van der Waals surface area contributed by atoms with Gasteiger partial charge in [-0.15, -0.1) is 12.4 Å². The summed E-state index contributed by atoms with van der Waals surface area (Å²) in [4.78, 5) is 0. The van der Waals surface area contributed by atoms with E-state index in [9.17, 15) is 0 Å². The van der Waals surface area contributed by atoms with Crippen molar-refractivity contribution in [3.8, 4) is 11.5 Å². The topological polar surface area (TPSA) is 30.5 Å². The normalized spacial score (nSPS) is 10.4. The van der Waals surface area contributed by atoms with E-state index in [-0.39, 0.29) is 12.4 Å². The van der Waals surface area contributed by atoms with Gasteiger partial charge in [0, 0.05) is 6.54 Å². The molecule has 0 amide bonds. The van der Waals surface area contributed by atoms with Crippen LogP contribution in [-0.4, -0.2) is 13.7 Å². The Morgan fingerprint density at radius 3 is 2.37 bits per heavy atom. The summed E-state index contributed by atoms with van der Waals surface area (Å²) < 4.78 is 11.4. The molecule has 0 spiro atoms. The summed E-state index contributed by atoms with van der Waals surface area (Å²) in [5.41, 5.74) is 2.14. The Balaban J connectivity index is 0.00000364. The summed E-state index contributed by atoms with van der Waals surface area (Å²) >= 11 is 12.0. The number of unbranched alkanes of at least 4 members (excludes halogenated alkanes) is 3. The second-order valence-electron chi connectivity index (χ2n) is 6.26. The van der Waals surface area contributed by atoms with Crippen molar-refractivity contribution in [3.63, 3.8) is 0 Å². The van der Waals surface area contributed by atoms with Gasteiger partial charge in [0.25, 0.3) is 0 Å². The number of benzene rings is 2. The maximum absolute atomic E-state index is 6.04. The Labute approximate surface area is 178 Å². The maximum Gasteiger partial charge on any atom is 0.161 e. The van der Waals surface area contributed by atoms with Crippen molar-refractivity contribution in [1.82, 2.24) is 5.32 Å². The molecule has 3 nitrogen and oxygen atoms in total. The van der Waals surface area contributed by atoms with Gasteiger partial charge < -0.3 is 14.8 Å². The van der Waals surface area contributed by atoms with Crippen molar-refractivity contribution in [1.29, 1.82) is 0 Å². The standard InChI is InChI=1S/C21H27Cl2NO2.ClH/c1-3-4-5-6-11-24-14-16-8-10-20(21(13-16)25-2)26-15-17-7-9-18(22)19(23)12-17;/h7-10,12-13,24H,3-6,11,14-15H2,1-2H3;1H. The summed E-state index contributed by atoms with van der Waals surface area (Å²) in [6.45, 7) is 4.50. The fourth-order valence-corrected chi connectivity index (χ4v) is 2.96. The molecule has 27 heavy (non-hydrogen) atoms. The molecule has 0 saturated heterocycles. The van der Waals surface area contributed by atoms with Gasteiger partial charge in [0.15, 0.2) is 11.5 Å². The van der Waals surface area contributed by atoms with E-state index in [1.807, 2.05) is 24.3 Å². The third-order valence-corrected chi connectivity index (χ3v) is 4.88. The number of methoxy groups -OCH3 is 1. The molecule has 0 aliphatic rings. The molecule has 0 saturated carbocycles. The smallest absolute Gasteiger partial charge is 0.161 e. The highest BCUT2D eigenvalue weighted by atomic mass is 35.5. The van der Waals surface area contributed by atoms with Gasteiger partial charge in [-0.1, -0.05) is 61.5 Å². The molecule has 0 heterocycles. The third kappa shape index (κ3) is 8.18. The zero-order chi connectivity index (χ0) is 18.8. The SMILES string of the molecule is CCCCCCNCc1ccc(OCc2ccc(Cl)c(Cl)c2)c(OC)c1.Cl. The molecule has 0 radical (unpaired) electrons. The van der Waals surface area contributed by atoms with Crippen LogP contribution in [0.3, 0.4) is 0 Å². The molecular formula is C21H28Cl3NO2. The van der Waals surface area contributed by atoms with E-state index >= 15 is 0 Å². The monoisotopic (exact) mass is 431 g/mol. The molecule has 0 aliphatic carbocycles. The van der Waals surface area contributed by atoms with Gasteiger partial charge in [-0.2, -0.15) is 0 Å². The molecular weight excluding hydrogens is 405 g/mol. The van der Waals surface area contributed by atoms with Gasteiger partial charge in [-0.25, -0.2) is 0 Å². The molecule has 1 N–H and O–H groups in total. The lowest BCUT2D eigenvalue weighted by Gasteiger charge is -2.13. The highest BCUT2D eigenvalue weighted by molar-refractivity contribution is 6.42. The number of halogens is 3.